The van der Waals surface area contributed by atoms with E-state index in [2.05, 4.69) is 21.2 Å². The number of morpholine rings is 1. The van der Waals surface area contributed by atoms with Gasteiger partial charge in [0.05, 0.1) is 23.7 Å². The fraction of sp³-hybridized carbons (Fsp3) is 0.400. The summed E-state index contributed by atoms with van der Waals surface area (Å²) in [5, 5.41) is 3.28. The van der Waals surface area contributed by atoms with Crippen molar-refractivity contribution in [3.8, 4) is 0 Å². The van der Waals surface area contributed by atoms with Crippen LogP contribution >= 0.6 is 15.9 Å². The molecule has 1 aliphatic rings. The van der Waals surface area contributed by atoms with Crippen molar-refractivity contribution in [1.29, 1.82) is 0 Å². The van der Waals surface area contributed by atoms with Gasteiger partial charge in [0.15, 0.2) is 0 Å². The van der Waals surface area contributed by atoms with E-state index in [1.54, 1.807) is 6.07 Å². The van der Waals surface area contributed by atoms with Crippen LogP contribution in [-0.2, 0) is 4.74 Å². The molecule has 1 heterocycles. The summed E-state index contributed by atoms with van der Waals surface area (Å²) in [4.78, 5) is 0. The van der Waals surface area contributed by atoms with E-state index >= 15 is 0 Å². The van der Waals surface area contributed by atoms with E-state index in [1.165, 1.54) is 6.07 Å². The predicted molar refractivity (Wildman–Crippen MR) is 55.7 cm³/mol. The summed E-state index contributed by atoms with van der Waals surface area (Å²) in [5.74, 6) is -0.227. The number of ether oxygens (including phenoxy) is 1. The first-order valence-electron chi connectivity index (χ1n) is 4.53. The number of halogens is 2. The van der Waals surface area contributed by atoms with Gasteiger partial charge in [0.2, 0.25) is 0 Å². The molecule has 76 valence electrons. The normalized spacial score (nSPS) is 22.3. The molecule has 0 saturated carbocycles. The average Bonchev–Trinajstić information content (AvgIpc) is 2.23. The Kier molecular flexibility index (Phi) is 3.15. The molecule has 0 aromatic heterocycles. The molecule has 0 unspecified atom stereocenters. The Morgan fingerprint density at radius 3 is 3.00 bits per heavy atom. The van der Waals surface area contributed by atoms with Crippen molar-refractivity contribution in [3.63, 3.8) is 0 Å². The van der Waals surface area contributed by atoms with E-state index in [9.17, 15) is 4.39 Å². The van der Waals surface area contributed by atoms with Crippen LogP contribution in [0.5, 0.6) is 0 Å². The Labute approximate surface area is 90.6 Å². The van der Waals surface area contributed by atoms with Gasteiger partial charge in [-0.25, -0.2) is 4.39 Å². The lowest BCUT2D eigenvalue weighted by Gasteiger charge is -2.24. The molecule has 1 saturated heterocycles. The van der Waals surface area contributed by atoms with Gasteiger partial charge in [-0.3, -0.25) is 0 Å². The third kappa shape index (κ3) is 2.13. The van der Waals surface area contributed by atoms with Gasteiger partial charge < -0.3 is 10.1 Å². The van der Waals surface area contributed by atoms with Crippen molar-refractivity contribution in [3.05, 3.63) is 34.1 Å². The summed E-state index contributed by atoms with van der Waals surface area (Å²) < 4.78 is 19.0. The predicted octanol–water partition coefficient (Wildman–Crippen LogP) is 2.25. The molecule has 0 amide bonds. The molecule has 2 rings (SSSR count). The third-order valence-corrected chi connectivity index (χ3v) is 2.91. The van der Waals surface area contributed by atoms with Crippen molar-refractivity contribution in [1.82, 2.24) is 5.32 Å². The Bertz CT molecular complexity index is 326. The summed E-state index contributed by atoms with van der Waals surface area (Å²) >= 11 is 3.13. The molecular formula is C10H11BrFNO. The zero-order valence-corrected chi connectivity index (χ0v) is 9.18. The van der Waals surface area contributed by atoms with Gasteiger partial charge in [-0.05, 0) is 33.6 Å². The van der Waals surface area contributed by atoms with E-state index in [4.69, 9.17) is 4.74 Å². The van der Waals surface area contributed by atoms with Crippen molar-refractivity contribution in [2.24, 2.45) is 0 Å². The van der Waals surface area contributed by atoms with E-state index in [0.29, 0.717) is 11.1 Å². The Morgan fingerprint density at radius 2 is 2.36 bits per heavy atom. The molecule has 0 aliphatic carbocycles. The fourth-order valence-corrected chi connectivity index (χ4v) is 1.76. The van der Waals surface area contributed by atoms with E-state index < -0.39 is 0 Å². The van der Waals surface area contributed by atoms with Gasteiger partial charge in [0.1, 0.15) is 5.82 Å². The van der Waals surface area contributed by atoms with Crippen LogP contribution in [0.2, 0.25) is 0 Å². The number of rotatable bonds is 1. The number of benzene rings is 1. The Balaban J connectivity index is 2.18. The molecule has 1 aromatic rings. The van der Waals surface area contributed by atoms with Crippen LogP contribution in [0.25, 0.3) is 0 Å². The topological polar surface area (TPSA) is 21.3 Å². The molecule has 0 radical (unpaired) electrons. The minimum atomic E-state index is -0.227. The molecule has 0 bridgehead atoms. The molecule has 1 aliphatic heterocycles. The molecule has 1 atom stereocenters. The molecular weight excluding hydrogens is 249 g/mol. The highest BCUT2D eigenvalue weighted by Gasteiger charge is 2.15. The highest BCUT2D eigenvalue weighted by molar-refractivity contribution is 9.10. The van der Waals surface area contributed by atoms with Crippen LogP contribution in [0.4, 0.5) is 4.39 Å². The van der Waals surface area contributed by atoms with Crippen molar-refractivity contribution >= 4 is 15.9 Å². The quantitative estimate of drug-likeness (QED) is 0.836. The number of hydrogen-bond acceptors (Lipinski definition) is 2. The monoisotopic (exact) mass is 259 g/mol. The van der Waals surface area contributed by atoms with E-state index in [1.807, 2.05) is 6.07 Å². The largest absolute Gasteiger partial charge is 0.378 e. The van der Waals surface area contributed by atoms with Crippen molar-refractivity contribution in [2.45, 2.75) is 6.04 Å². The van der Waals surface area contributed by atoms with Gasteiger partial charge in [-0.15, -0.1) is 0 Å². The third-order valence-electron chi connectivity index (χ3n) is 2.27. The molecule has 4 heteroatoms. The highest BCUT2D eigenvalue weighted by atomic mass is 79.9. The van der Waals surface area contributed by atoms with Crippen LogP contribution in [0.1, 0.15) is 11.6 Å². The summed E-state index contributed by atoms with van der Waals surface area (Å²) in [6.07, 6.45) is 0. The second-order valence-electron chi connectivity index (χ2n) is 3.26. The number of hydrogen-bond donors (Lipinski definition) is 1. The van der Waals surface area contributed by atoms with Crippen LogP contribution in [0.3, 0.4) is 0 Å². The lowest BCUT2D eigenvalue weighted by atomic mass is 10.1. The second kappa shape index (κ2) is 4.38. The van der Waals surface area contributed by atoms with E-state index in [0.717, 1.165) is 18.7 Å². The summed E-state index contributed by atoms with van der Waals surface area (Å²) in [5.41, 5.74) is 0.936. The molecule has 14 heavy (non-hydrogen) atoms. The molecule has 1 aromatic carbocycles. The first kappa shape index (κ1) is 10.1. The standard InChI is InChI=1S/C10H11BrFNO/c11-8-2-1-7(5-9(8)12)10-6-14-4-3-13-10/h1-2,5,10,13H,3-4,6H2/t10-/m1/s1. The maximum Gasteiger partial charge on any atom is 0.137 e. The van der Waals surface area contributed by atoms with Crippen LogP contribution in [0.15, 0.2) is 22.7 Å². The van der Waals surface area contributed by atoms with Gasteiger partial charge in [-0.1, -0.05) is 6.07 Å². The zero-order chi connectivity index (χ0) is 9.97. The maximum absolute atomic E-state index is 13.2. The summed E-state index contributed by atoms with van der Waals surface area (Å²) in [7, 11) is 0. The Hall–Kier alpha value is -0.450. The van der Waals surface area contributed by atoms with Gasteiger partial charge in [-0.2, -0.15) is 0 Å². The molecule has 2 nitrogen and oxygen atoms in total. The zero-order valence-electron chi connectivity index (χ0n) is 7.59. The lowest BCUT2D eigenvalue weighted by molar-refractivity contribution is 0.0768. The number of nitrogens with one attached hydrogen (secondary N) is 1. The fourth-order valence-electron chi connectivity index (χ4n) is 1.51. The first-order valence-corrected chi connectivity index (χ1v) is 5.33. The van der Waals surface area contributed by atoms with Crippen molar-refractivity contribution < 1.29 is 9.13 Å². The SMILES string of the molecule is Fc1cc([C@H]2COCCN2)ccc1Br. The lowest BCUT2D eigenvalue weighted by Crippen LogP contribution is -2.34. The van der Waals surface area contributed by atoms with Crippen LogP contribution in [-0.4, -0.2) is 19.8 Å². The second-order valence-corrected chi connectivity index (χ2v) is 4.11. The van der Waals surface area contributed by atoms with Gasteiger partial charge in [0, 0.05) is 6.54 Å². The summed E-state index contributed by atoms with van der Waals surface area (Å²) in [6, 6.07) is 5.28. The minimum Gasteiger partial charge on any atom is -0.378 e. The molecule has 1 fully saturated rings. The molecule has 0 spiro atoms. The Morgan fingerprint density at radius 1 is 1.50 bits per heavy atom. The van der Waals surface area contributed by atoms with Gasteiger partial charge >= 0.3 is 0 Å². The average molecular weight is 260 g/mol. The van der Waals surface area contributed by atoms with Crippen LogP contribution < -0.4 is 5.32 Å². The summed E-state index contributed by atoms with van der Waals surface area (Å²) in [6.45, 7) is 2.17. The van der Waals surface area contributed by atoms with Crippen LogP contribution in [0, 0.1) is 5.82 Å². The first-order chi connectivity index (χ1) is 6.77. The highest BCUT2D eigenvalue weighted by Crippen LogP contribution is 2.21. The smallest absolute Gasteiger partial charge is 0.137 e. The molecule has 1 N–H and O–H groups in total. The maximum atomic E-state index is 13.2. The van der Waals surface area contributed by atoms with Crippen molar-refractivity contribution in [2.75, 3.05) is 19.8 Å². The van der Waals surface area contributed by atoms with E-state index in [-0.39, 0.29) is 11.9 Å². The minimum absolute atomic E-state index is 0.117. The van der Waals surface area contributed by atoms with Gasteiger partial charge in [0.25, 0.3) is 0 Å².